The lowest BCUT2D eigenvalue weighted by Gasteiger charge is -2.23. The number of benzene rings is 1. The van der Waals surface area contributed by atoms with E-state index in [1.165, 1.54) is 4.90 Å². The Morgan fingerprint density at radius 1 is 1.26 bits per heavy atom. The van der Waals surface area contributed by atoms with E-state index in [-0.39, 0.29) is 19.0 Å². The highest BCUT2D eigenvalue weighted by Crippen LogP contribution is 2.14. The summed E-state index contributed by atoms with van der Waals surface area (Å²) < 4.78 is 0.846. The van der Waals surface area contributed by atoms with Gasteiger partial charge in [-0.1, -0.05) is 48.8 Å². The molecule has 1 aromatic carbocycles. The van der Waals surface area contributed by atoms with Gasteiger partial charge in [0.1, 0.15) is 6.54 Å². The van der Waals surface area contributed by atoms with Gasteiger partial charge in [0.15, 0.2) is 0 Å². The third kappa shape index (κ3) is 6.81. The van der Waals surface area contributed by atoms with Crippen molar-refractivity contribution >= 4 is 33.7 Å². The molecule has 1 aromatic rings. The van der Waals surface area contributed by atoms with Crippen molar-refractivity contribution < 1.29 is 19.5 Å². The molecule has 0 aliphatic carbocycles. The monoisotopic (exact) mass is 384 g/mol. The molecule has 0 saturated carbocycles. The molecule has 0 heterocycles. The Labute approximate surface area is 144 Å². The molecule has 0 atom stereocenters. The van der Waals surface area contributed by atoms with Gasteiger partial charge in [-0.05, 0) is 17.7 Å². The number of nitrogens with one attached hydrogen (secondary N) is 1. The first-order valence-electron chi connectivity index (χ1n) is 7.12. The Morgan fingerprint density at radius 2 is 1.91 bits per heavy atom. The predicted molar refractivity (Wildman–Crippen MR) is 89.7 cm³/mol. The molecule has 0 aliphatic rings. The maximum Gasteiger partial charge on any atom is 0.323 e. The summed E-state index contributed by atoms with van der Waals surface area (Å²) in [7, 11) is 0. The van der Waals surface area contributed by atoms with E-state index < -0.39 is 23.8 Å². The van der Waals surface area contributed by atoms with E-state index in [4.69, 9.17) is 5.11 Å². The van der Waals surface area contributed by atoms with Crippen LogP contribution in [0.4, 0.5) is 0 Å². The van der Waals surface area contributed by atoms with Gasteiger partial charge in [0.05, 0.1) is 6.54 Å². The van der Waals surface area contributed by atoms with E-state index in [2.05, 4.69) is 21.2 Å². The first kappa shape index (κ1) is 19.2. The van der Waals surface area contributed by atoms with Crippen molar-refractivity contribution in [3.63, 3.8) is 0 Å². The Bertz CT molecular complexity index is 596. The number of halogens is 1. The van der Waals surface area contributed by atoms with E-state index in [0.29, 0.717) is 0 Å². The molecule has 0 aliphatic heterocycles. The molecular weight excluding hydrogens is 364 g/mol. The topological polar surface area (TPSA) is 86.7 Å². The highest BCUT2D eigenvalue weighted by Gasteiger charge is 2.23. The maximum absolute atomic E-state index is 12.2. The van der Waals surface area contributed by atoms with Gasteiger partial charge in [0.2, 0.25) is 11.8 Å². The van der Waals surface area contributed by atoms with Crippen molar-refractivity contribution in [2.45, 2.75) is 27.3 Å². The third-order valence-corrected chi connectivity index (χ3v) is 3.52. The van der Waals surface area contributed by atoms with Crippen molar-refractivity contribution in [3.05, 3.63) is 34.3 Å². The third-order valence-electron chi connectivity index (χ3n) is 3.02. The normalized spacial score (nSPS) is 11.0. The molecule has 0 fully saturated rings. The highest BCUT2D eigenvalue weighted by atomic mass is 79.9. The molecule has 23 heavy (non-hydrogen) atoms. The fourth-order valence-corrected chi connectivity index (χ4v) is 2.23. The van der Waals surface area contributed by atoms with Crippen LogP contribution in [-0.4, -0.2) is 40.9 Å². The summed E-state index contributed by atoms with van der Waals surface area (Å²) in [6, 6.07) is 7.27. The summed E-state index contributed by atoms with van der Waals surface area (Å²) in [5, 5.41) is 11.5. The second kappa shape index (κ2) is 8.10. The Kier molecular flexibility index (Phi) is 6.75. The molecule has 7 heteroatoms. The minimum atomic E-state index is -1.10. The fourth-order valence-electron chi connectivity index (χ4n) is 1.78. The lowest BCUT2D eigenvalue weighted by Crippen LogP contribution is -2.44. The lowest BCUT2D eigenvalue weighted by atomic mass is 9.96. The maximum atomic E-state index is 12.2. The summed E-state index contributed by atoms with van der Waals surface area (Å²) in [5.74, 6) is -1.80. The number of aliphatic carboxylic acids is 1. The SMILES string of the molecule is CC(C)(C)C(=O)NCC(=O)N(CC(=O)O)Cc1cccc(Br)c1. The molecule has 2 N–H and O–H groups in total. The smallest absolute Gasteiger partial charge is 0.323 e. The van der Waals surface area contributed by atoms with Crippen LogP contribution in [0, 0.1) is 5.41 Å². The summed E-state index contributed by atoms with van der Waals surface area (Å²) in [6.45, 7) is 4.74. The zero-order chi connectivity index (χ0) is 17.6. The van der Waals surface area contributed by atoms with Crippen LogP contribution in [0.1, 0.15) is 26.3 Å². The molecule has 0 unspecified atom stereocenters. The summed E-state index contributed by atoms with van der Waals surface area (Å²) >= 11 is 3.33. The summed E-state index contributed by atoms with van der Waals surface area (Å²) in [4.78, 5) is 36.2. The number of hydrogen-bond acceptors (Lipinski definition) is 3. The number of carbonyl (C=O) groups is 3. The number of nitrogens with zero attached hydrogens (tertiary/aromatic N) is 1. The minimum Gasteiger partial charge on any atom is -0.480 e. The fraction of sp³-hybridized carbons (Fsp3) is 0.438. The van der Waals surface area contributed by atoms with Crippen molar-refractivity contribution in [1.82, 2.24) is 10.2 Å². The second-order valence-corrected chi connectivity index (χ2v) is 7.12. The number of carboxylic acids is 1. The van der Waals surface area contributed by atoms with Gasteiger partial charge in [-0.15, -0.1) is 0 Å². The van der Waals surface area contributed by atoms with Gasteiger partial charge >= 0.3 is 5.97 Å². The van der Waals surface area contributed by atoms with Crippen LogP contribution < -0.4 is 5.32 Å². The van der Waals surface area contributed by atoms with E-state index in [0.717, 1.165) is 10.0 Å². The van der Waals surface area contributed by atoms with Crippen LogP contribution in [0.3, 0.4) is 0 Å². The molecule has 1 rings (SSSR count). The van der Waals surface area contributed by atoms with Crippen LogP contribution >= 0.6 is 15.9 Å². The Balaban J connectivity index is 2.75. The Morgan fingerprint density at radius 3 is 2.43 bits per heavy atom. The summed E-state index contributed by atoms with van der Waals surface area (Å²) in [6.07, 6.45) is 0. The molecule has 0 saturated heterocycles. The largest absolute Gasteiger partial charge is 0.480 e. The Hall–Kier alpha value is -1.89. The molecule has 0 radical (unpaired) electrons. The van der Waals surface area contributed by atoms with Crippen LogP contribution in [0.25, 0.3) is 0 Å². The first-order valence-corrected chi connectivity index (χ1v) is 7.91. The molecule has 0 bridgehead atoms. The number of hydrogen-bond donors (Lipinski definition) is 2. The van der Waals surface area contributed by atoms with E-state index in [1.807, 2.05) is 18.2 Å². The zero-order valence-corrected chi connectivity index (χ0v) is 15.0. The highest BCUT2D eigenvalue weighted by molar-refractivity contribution is 9.10. The summed E-state index contributed by atoms with van der Waals surface area (Å²) in [5.41, 5.74) is 0.193. The van der Waals surface area contributed by atoms with Crippen LogP contribution in [-0.2, 0) is 20.9 Å². The number of amides is 2. The molecule has 0 spiro atoms. The van der Waals surface area contributed by atoms with Gasteiger partial charge in [-0.2, -0.15) is 0 Å². The van der Waals surface area contributed by atoms with E-state index in [9.17, 15) is 14.4 Å². The van der Waals surface area contributed by atoms with Crippen LogP contribution in [0.15, 0.2) is 28.7 Å². The van der Waals surface area contributed by atoms with Crippen molar-refractivity contribution in [3.8, 4) is 0 Å². The van der Waals surface area contributed by atoms with Crippen molar-refractivity contribution in [1.29, 1.82) is 0 Å². The second-order valence-electron chi connectivity index (χ2n) is 6.21. The number of carbonyl (C=O) groups excluding carboxylic acids is 2. The van der Waals surface area contributed by atoms with Crippen LogP contribution in [0.2, 0.25) is 0 Å². The molecular formula is C16H21BrN2O4. The van der Waals surface area contributed by atoms with E-state index in [1.54, 1.807) is 26.8 Å². The van der Waals surface area contributed by atoms with Gasteiger partial charge < -0.3 is 15.3 Å². The van der Waals surface area contributed by atoms with Gasteiger partial charge in [-0.3, -0.25) is 14.4 Å². The number of carboxylic acid groups (broad SMARTS) is 1. The molecule has 0 aromatic heterocycles. The van der Waals surface area contributed by atoms with Gasteiger partial charge in [0, 0.05) is 16.4 Å². The predicted octanol–water partition coefficient (Wildman–Crippen LogP) is 2.02. The first-order chi connectivity index (χ1) is 10.6. The average molecular weight is 385 g/mol. The molecule has 6 nitrogen and oxygen atoms in total. The lowest BCUT2D eigenvalue weighted by molar-refractivity contribution is -0.145. The molecule has 2 amide bonds. The quantitative estimate of drug-likeness (QED) is 0.785. The zero-order valence-electron chi connectivity index (χ0n) is 13.4. The molecule has 126 valence electrons. The van der Waals surface area contributed by atoms with E-state index >= 15 is 0 Å². The standard InChI is InChI=1S/C16H21BrN2O4/c1-16(2,3)15(23)18-8-13(20)19(10-14(21)22)9-11-5-4-6-12(17)7-11/h4-7H,8-10H2,1-3H3,(H,18,23)(H,21,22). The van der Waals surface area contributed by atoms with Crippen LogP contribution in [0.5, 0.6) is 0 Å². The van der Waals surface area contributed by atoms with Gasteiger partial charge in [0.25, 0.3) is 0 Å². The average Bonchev–Trinajstić information content (AvgIpc) is 2.42. The minimum absolute atomic E-state index is 0.163. The van der Waals surface area contributed by atoms with Gasteiger partial charge in [-0.25, -0.2) is 0 Å². The van der Waals surface area contributed by atoms with Crippen molar-refractivity contribution in [2.24, 2.45) is 5.41 Å². The van der Waals surface area contributed by atoms with Crippen molar-refractivity contribution in [2.75, 3.05) is 13.1 Å². The number of rotatable bonds is 6.